The van der Waals surface area contributed by atoms with Crippen LogP contribution >= 0.6 is 69.3 Å². The van der Waals surface area contributed by atoms with Crippen LogP contribution in [0, 0.1) is 5.82 Å². The van der Waals surface area contributed by atoms with Crippen LogP contribution in [0.2, 0.25) is 15.1 Å². The molecular formula is C24H15Cl5FN3O2S. The minimum Gasteiger partial charge on any atom is -0.325 e. The van der Waals surface area contributed by atoms with Gasteiger partial charge in [0.2, 0.25) is 5.91 Å². The number of carbonyl (C=O) groups excluding carboxylic acids is 2. The van der Waals surface area contributed by atoms with E-state index in [1.54, 1.807) is 12.1 Å². The summed E-state index contributed by atoms with van der Waals surface area (Å²) in [5.41, 5.74) is 1.32. The van der Waals surface area contributed by atoms with Crippen molar-refractivity contribution in [1.82, 2.24) is 4.98 Å². The van der Waals surface area contributed by atoms with E-state index in [1.807, 2.05) is 0 Å². The lowest BCUT2D eigenvalue weighted by atomic mass is 9.94. The summed E-state index contributed by atoms with van der Waals surface area (Å²) in [7, 11) is 0. The lowest BCUT2D eigenvalue weighted by Crippen LogP contribution is -2.32. The Hall–Kier alpha value is -2.13. The monoisotopic (exact) mass is 603 g/mol. The fourth-order valence-corrected chi connectivity index (χ4v) is 5.61. The highest BCUT2D eigenvalue weighted by molar-refractivity contribution is 7.22. The molecule has 12 heteroatoms. The average molecular weight is 606 g/mol. The number of hydrogen-bond donors (Lipinski definition) is 2. The van der Waals surface area contributed by atoms with E-state index in [-0.39, 0.29) is 21.4 Å². The van der Waals surface area contributed by atoms with E-state index in [4.69, 9.17) is 58.0 Å². The quantitative estimate of drug-likeness (QED) is 0.216. The summed E-state index contributed by atoms with van der Waals surface area (Å²) in [5, 5.41) is 6.41. The van der Waals surface area contributed by atoms with Crippen molar-refractivity contribution in [3.05, 3.63) is 86.6 Å². The highest BCUT2D eigenvalue weighted by atomic mass is 35.5. The number of alkyl halides is 2. The molecule has 1 atom stereocenters. The zero-order valence-corrected chi connectivity index (χ0v) is 22.8. The number of aromatic nitrogens is 1. The molecule has 0 radical (unpaired) electrons. The maximum absolute atomic E-state index is 13.5. The van der Waals surface area contributed by atoms with Crippen molar-refractivity contribution in [2.24, 2.45) is 0 Å². The fourth-order valence-electron chi connectivity index (χ4n) is 3.52. The first-order valence-corrected chi connectivity index (χ1v) is 12.9. The van der Waals surface area contributed by atoms with Crippen molar-refractivity contribution in [1.29, 1.82) is 0 Å². The molecule has 0 saturated carbocycles. The standard InChI is InChI=1S/C24H15Cl5FN3O2S/c1-24(28,29)20(11-6-12(25)8-13(26)7-11)22(35)31-15-3-4-17(27)16(10-15)21(34)33-23-32-18-5-2-14(30)9-19(18)36-23/h2-10,20H,1H3,(H,31,35)(H,32,33,34). The normalized spacial score (nSPS) is 12.4. The summed E-state index contributed by atoms with van der Waals surface area (Å²) in [4.78, 5) is 30.4. The number of fused-ring (bicyclic) bond motifs is 1. The van der Waals surface area contributed by atoms with Crippen molar-refractivity contribution in [2.75, 3.05) is 10.6 Å². The van der Waals surface area contributed by atoms with Gasteiger partial charge in [-0.1, -0.05) is 46.1 Å². The summed E-state index contributed by atoms with van der Waals surface area (Å²) < 4.78 is 12.5. The summed E-state index contributed by atoms with van der Waals surface area (Å²) >= 11 is 32.2. The van der Waals surface area contributed by atoms with E-state index in [1.165, 1.54) is 49.4 Å². The fraction of sp³-hybridized carbons (Fsp3) is 0.125. The van der Waals surface area contributed by atoms with E-state index in [0.29, 0.717) is 25.8 Å². The van der Waals surface area contributed by atoms with Crippen LogP contribution in [0.25, 0.3) is 10.2 Å². The Labute approximate surface area is 234 Å². The molecule has 0 spiro atoms. The highest BCUT2D eigenvalue weighted by Gasteiger charge is 2.38. The molecule has 1 aromatic heterocycles. The van der Waals surface area contributed by atoms with Gasteiger partial charge in [0.25, 0.3) is 5.91 Å². The number of rotatable bonds is 6. The number of nitrogens with zero attached hydrogens (tertiary/aromatic N) is 1. The molecule has 0 saturated heterocycles. The van der Waals surface area contributed by atoms with E-state index < -0.39 is 27.9 Å². The van der Waals surface area contributed by atoms with Crippen molar-refractivity contribution in [3.8, 4) is 0 Å². The Balaban J connectivity index is 1.58. The van der Waals surface area contributed by atoms with E-state index in [2.05, 4.69) is 15.6 Å². The number of carbonyl (C=O) groups is 2. The zero-order valence-electron chi connectivity index (χ0n) is 18.2. The molecule has 0 aliphatic rings. The third-order valence-electron chi connectivity index (χ3n) is 5.04. The van der Waals surface area contributed by atoms with Gasteiger partial charge in [0.15, 0.2) is 5.13 Å². The second kappa shape index (κ2) is 10.7. The average Bonchev–Trinajstić information content (AvgIpc) is 3.14. The molecule has 2 amide bonds. The van der Waals surface area contributed by atoms with E-state index in [0.717, 1.165) is 11.3 Å². The smallest absolute Gasteiger partial charge is 0.259 e. The number of benzene rings is 3. The van der Waals surface area contributed by atoms with Crippen LogP contribution < -0.4 is 10.6 Å². The van der Waals surface area contributed by atoms with Crippen molar-refractivity contribution >= 4 is 102 Å². The Bertz CT molecular complexity index is 1470. The lowest BCUT2D eigenvalue weighted by Gasteiger charge is -2.26. The number of thiazole rings is 1. The first-order valence-electron chi connectivity index (χ1n) is 10.2. The van der Waals surface area contributed by atoms with Gasteiger partial charge in [-0.2, -0.15) is 0 Å². The van der Waals surface area contributed by atoms with Gasteiger partial charge in [-0.3, -0.25) is 14.9 Å². The maximum atomic E-state index is 13.5. The molecule has 0 aliphatic carbocycles. The zero-order chi connectivity index (χ0) is 26.2. The number of hydrogen-bond acceptors (Lipinski definition) is 4. The van der Waals surface area contributed by atoms with E-state index in [9.17, 15) is 14.0 Å². The number of anilines is 2. The van der Waals surface area contributed by atoms with Gasteiger partial charge in [0, 0.05) is 15.7 Å². The second-order valence-corrected chi connectivity index (χ2v) is 11.9. The van der Waals surface area contributed by atoms with Gasteiger partial charge < -0.3 is 5.32 Å². The number of nitrogens with one attached hydrogen (secondary N) is 2. The first-order chi connectivity index (χ1) is 16.9. The molecule has 0 fully saturated rings. The van der Waals surface area contributed by atoms with Crippen LogP contribution in [-0.4, -0.2) is 21.1 Å². The molecule has 5 nitrogen and oxygen atoms in total. The van der Waals surface area contributed by atoms with Crippen LogP contribution in [0.4, 0.5) is 15.2 Å². The molecular weight excluding hydrogens is 591 g/mol. The minimum atomic E-state index is -1.52. The topological polar surface area (TPSA) is 71.1 Å². The SMILES string of the molecule is CC(Cl)(Cl)C(C(=O)Nc1ccc(Cl)c(C(=O)Nc2nc3ccc(F)cc3s2)c1)c1cc(Cl)cc(Cl)c1. The lowest BCUT2D eigenvalue weighted by molar-refractivity contribution is -0.117. The van der Waals surface area contributed by atoms with Crippen LogP contribution in [-0.2, 0) is 4.79 Å². The maximum Gasteiger partial charge on any atom is 0.259 e. The van der Waals surface area contributed by atoms with Crippen LogP contribution in [0.3, 0.4) is 0 Å². The molecule has 36 heavy (non-hydrogen) atoms. The molecule has 4 aromatic rings. The van der Waals surface area contributed by atoms with Crippen molar-refractivity contribution < 1.29 is 14.0 Å². The van der Waals surface area contributed by atoms with E-state index >= 15 is 0 Å². The first kappa shape index (κ1) is 26.9. The Morgan fingerprint density at radius 3 is 2.33 bits per heavy atom. The summed E-state index contributed by atoms with van der Waals surface area (Å²) in [6.45, 7) is 1.47. The molecule has 1 unspecified atom stereocenters. The molecule has 0 aliphatic heterocycles. The van der Waals surface area contributed by atoms with Gasteiger partial charge in [-0.15, -0.1) is 23.2 Å². The van der Waals surface area contributed by atoms with Crippen molar-refractivity contribution in [2.45, 2.75) is 17.2 Å². The predicted molar refractivity (Wildman–Crippen MR) is 147 cm³/mol. The second-order valence-electron chi connectivity index (χ2n) is 7.86. The molecule has 2 N–H and O–H groups in total. The molecule has 3 aromatic carbocycles. The van der Waals surface area contributed by atoms with Crippen LogP contribution in [0.1, 0.15) is 28.8 Å². The van der Waals surface area contributed by atoms with Crippen LogP contribution in [0.5, 0.6) is 0 Å². The molecule has 1 heterocycles. The largest absolute Gasteiger partial charge is 0.325 e. The third kappa shape index (κ3) is 6.22. The predicted octanol–water partition coefficient (Wildman–Crippen LogP) is 8.56. The summed E-state index contributed by atoms with van der Waals surface area (Å²) in [6.07, 6.45) is 0. The number of amides is 2. The molecule has 186 valence electrons. The van der Waals surface area contributed by atoms with Crippen molar-refractivity contribution in [3.63, 3.8) is 0 Å². The van der Waals surface area contributed by atoms with Gasteiger partial charge in [-0.05, 0) is 67.1 Å². The Morgan fingerprint density at radius 1 is 0.972 bits per heavy atom. The Kier molecular flexibility index (Phi) is 8.00. The van der Waals surface area contributed by atoms with Gasteiger partial charge in [-0.25, -0.2) is 9.37 Å². The highest BCUT2D eigenvalue weighted by Crippen LogP contribution is 2.40. The van der Waals surface area contributed by atoms with Gasteiger partial charge >= 0.3 is 0 Å². The molecule has 4 rings (SSSR count). The molecule has 0 bridgehead atoms. The van der Waals surface area contributed by atoms with Gasteiger partial charge in [0.1, 0.15) is 10.2 Å². The van der Waals surface area contributed by atoms with Crippen LogP contribution in [0.15, 0.2) is 54.6 Å². The summed E-state index contributed by atoms with van der Waals surface area (Å²) in [6, 6.07) is 13.1. The number of halogens is 6. The summed E-state index contributed by atoms with van der Waals surface area (Å²) in [5.74, 6) is -2.57. The minimum absolute atomic E-state index is 0.0850. The Morgan fingerprint density at radius 2 is 1.67 bits per heavy atom. The third-order valence-corrected chi connectivity index (χ3v) is 7.17. The van der Waals surface area contributed by atoms with Gasteiger partial charge in [0.05, 0.1) is 26.7 Å².